The number of para-hydroxylation sites is 3. The number of pyridine rings is 5. The Hall–Kier alpha value is -13.8. The molecule has 5 saturated heterocycles. The van der Waals surface area contributed by atoms with E-state index in [4.69, 9.17) is 22.1 Å². The highest BCUT2D eigenvalue weighted by Crippen LogP contribution is 2.54. The van der Waals surface area contributed by atoms with Crippen LogP contribution in [0.2, 0.25) is 0 Å². The molecule has 1 aliphatic carbocycles. The third-order valence-electron chi connectivity index (χ3n) is 32.0. The number of nitrogens with zero attached hydrogens (tertiary/aromatic N) is 15. The van der Waals surface area contributed by atoms with Crippen LogP contribution in [0.25, 0.3) is 121 Å². The number of rotatable bonds is 5. The fourth-order valence-electron chi connectivity index (χ4n) is 24.9. The summed E-state index contributed by atoms with van der Waals surface area (Å²) < 4.78 is 31.8. The largest absolute Gasteiger partial charge is 0.436 e. The van der Waals surface area contributed by atoms with Gasteiger partial charge >= 0.3 is 0 Å². The first-order chi connectivity index (χ1) is 66.4. The number of hydrogen-bond acceptors (Lipinski definition) is 20. The van der Waals surface area contributed by atoms with E-state index in [-0.39, 0.29) is 6.17 Å². The van der Waals surface area contributed by atoms with E-state index in [0.717, 1.165) is 160 Å². The third kappa shape index (κ3) is 14.0. The Kier molecular flexibility index (Phi) is 20.9. The van der Waals surface area contributed by atoms with Gasteiger partial charge in [0.1, 0.15) is 6.17 Å². The second-order valence-electron chi connectivity index (χ2n) is 40.2. The van der Waals surface area contributed by atoms with Gasteiger partial charge < -0.3 is 56.4 Å². The molecule has 18 heterocycles. The molecule has 8 aliphatic heterocycles. The quantitative estimate of drug-likeness (QED) is 0.160. The summed E-state index contributed by atoms with van der Waals surface area (Å²) in [7, 11) is 4.43. The topological polar surface area (TPSA) is 163 Å². The Labute approximate surface area is 799 Å². The van der Waals surface area contributed by atoms with Gasteiger partial charge in [-0.1, -0.05) is 140 Å². The van der Waals surface area contributed by atoms with E-state index in [1.807, 2.05) is 40.7 Å². The lowest BCUT2D eigenvalue weighted by atomic mass is 9.96. The number of hydrogen-bond donors (Lipinski definition) is 0. The summed E-state index contributed by atoms with van der Waals surface area (Å²) in [6.45, 7) is 38.0. The number of furan rings is 5. The number of aromatic nitrogens is 5. The summed E-state index contributed by atoms with van der Waals surface area (Å²) >= 11 is 0. The molecule has 692 valence electrons. The maximum absolute atomic E-state index is 6.44. The highest BCUT2D eigenvalue weighted by atomic mass is 16.4. The van der Waals surface area contributed by atoms with Crippen molar-refractivity contribution >= 4 is 156 Å². The maximum Gasteiger partial charge on any atom is 0.227 e. The Morgan fingerprint density at radius 1 is 0.299 bits per heavy atom. The molecule has 20 nitrogen and oxygen atoms in total. The lowest BCUT2D eigenvalue weighted by molar-refractivity contribution is 0.149. The van der Waals surface area contributed by atoms with Gasteiger partial charge in [-0.3, -0.25) is 14.7 Å². The first kappa shape index (κ1) is 86.1. The minimum atomic E-state index is 0.0759. The molecular weight excluding hydrogens is 1700 g/mol. The van der Waals surface area contributed by atoms with Crippen LogP contribution in [0.3, 0.4) is 0 Å². The van der Waals surface area contributed by atoms with Gasteiger partial charge in [0.05, 0.1) is 70.9 Å². The molecule has 20 heteroatoms. The van der Waals surface area contributed by atoms with Gasteiger partial charge in [0.25, 0.3) is 0 Å². The SMILES string of the molecule is Cc1ccc2c(n1)oc1c(N3C4CCC(C4)N(C)C3C)c(C)ccc12.Cc1ccc2c(n1)oc1c(N3C4CCCN(C4)C3C)c(C)ccc12.Cc1ccc2c(n1)oc1c(N3C4CN(Cc5ccccc54)C3C)c(C)ccc12.Cc1ccc2c(n1)oc1c(N3C4Cc5ccccc5N(C4)C3C)c(C)ccc12.Cc1ccc2c(n1)oc1c(N3c4ccccc4-c4ccccc4N(C)C3C)c(C)ccc12. The third-order valence-corrected chi connectivity index (χ3v) is 32.0. The van der Waals surface area contributed by atoms with Crippen LogP contribution in [0.1, 0.15) is 146 Å². The van der Waals surface area contributed by atoms with Crippen LogP contribution >= 0.6 is 0 Å². The van der Waals surface area contributed by atoms with E-state index >= 15 is 0 Å². The van der Waals surface area contributed by atoms with E-state index < -0.39 is 0 Å². The van der Waals surface area contributed by atoms with Gasteiger partial charge in [-0.05, 0) is 273 Å². The maximum atomic E-state index is 6.44. The zero-order chi connectivity index (χ0) is 93.7. The molecule has 12 unspecified atom stereocenters. The summed E-state index contributed by atoms with van der Waals surface area (Å²) in [5.41, 5.74) is 36.3. The summed E-state index contributed by atoms with van der Waals surface area (Å²) in [5, 5.41) is 11.2. The van der Waals surface area contributed by atoms with Crippen molar-refractivity contribution in [2.45, 2.75) is 210 Å². The molecule has 0 amide bonds. The van der Waals surface area contributed by atoms with Crippen molar-refractivity contribution in [2.24, 2.45) is 0 Å². The number of aryl methyl sites for hydroxylation is 10. The molecule has 137 heavy (non-hydrogen) atoms. The molecule has 9 aliphatic rings. The number of benzene rings is 9. The highest BCUT2D eigenvalue weighted by molar-refractivity contribution is 6.14. The molecule has 6 fully saturated rings. The molecular formula is C117H119N15O5. The van der Waals surface area contributed by atoms with Crippen LogP contribution in [0, 0.1) is 69.2 Å². The van der Waals surface area contributed by atoms with Crippen molar-refractivity contribution < 1.29 is 22.1 Å². The van der Waals surface area contributed by atoms with E-state index in [1.54, 1.807) is 0 Å². The van der Waals surface area contributed by atoms with Crippen molar-refractivity contribution in [1.29, 1.82) is 0 Å². The molecule has 9 aromatic carbocycles. The van der Waals surface area contributed by atoms with Gasteiger partial charge in [-0.15, -0.1) is 0 Å². The number of piperidine rings is 1. The Morgan fingerprint density at radius 3 is 1.16 bits per heavy atom. The van der Waals surface area contributed by atoms with Crippen LogP contribution in [0.5, 0.6) is 0 Å². The van der Waals surface area contributed by atoms with Gasteiger partial charge in [0.15, 0.2) is 27.9 Å². The summed E-state index contributed by atoms with van der Waals surface area (Å²) in [6.07, 6.45) is 8.99. The second kappa shape index (κ2) is 33.3. The fraction of sp³-hybridized carbons (Fsp3) is 0.325. The first-order valence-corrected chi connectivity index (χ1v) is 49.4. The second-order valence-corrected chi connectivity index (χ2v) is 40.2. The molecule has 28 rings (SSSR count). The van der Waals surface area contributed by atoms with E-state index in [9.17, 15) is 0 Å². The van der Waals surface area contributed by atoms with Gasteiger partial charge in [-0.2, -0.15) is 0 Å². The zero-order valence-corrected chi connectivity index (χ0v) is 81.6. The summed E-state index contributed by atoms with van der Waals surface area (Å²) in [4.78, 5) is 48.5. The molecule has 1 saturated carbocycles. The van der Waals surface area contributed by atoms with Crippen molar-refractivity contribution in [3.8, 4) is 11.1 Å². The van der Waals surface area contributed by atoms with Crippen LogP contribution in [0.15, 0.2) is 240 Å². The molecule has 10 aromatic heterocycles. The van der Waals surface area contributed by atoms with Crippen molar-refractivity contribution in [3.05, 3.63) is 291 Å². The van der Waals surface area contributed by atoms with Crippen molar-refractivity contribution in [2.75, 3.05) is 74.6 Å². The highest BCUT2D eigenvalue weighted by Gasteiger charge is 2.48. The van der Waals surface area contributed by atoms with Gasteiger partial charge in [-0.25, -0.2) is 24.9 Å². The Morgan fingerprint density at radius 2 is 0.679 bits per heavy atom. The van der Waals surface area contributed by atoms with Crippen molar-refractivity contribution in [3.63, 3.8) is 0 Å². The average molecular weight is 1820 g/mol. The van der Waals surface area contributed by atoms with E-state index in [0.29, 0.717) is 54.5 Å². The van der Waals surface area contributed by atoms with Gasteiger partial charge in [0, 0.05) is 163 Å². The van der Waals surface area contributed by atoms with Crippen LogP contribution < -0.4 is 34.3 Å². The first-order valence-electron chi connectivity index (χ1n) is 49.4. The van der Waals surface area contributed by atoms with Crippen molar-refractivity contribution in [1.82, 2.24) is 39.6 Å². The predicted molar refractivity (Wildman–Crippen MR) is 559 cm³/mol. The zero-order valence-electron chi connectivity index (χ0n) is 81.6. The average Bonchev–Trinajstić information content (AvgIpc) is 1.58. The Bertz CT molecular complexity index is 8060. The predicted octanol–water partition coefficient (Wildman–Crippen LogP) is 26.6. The normalized spacial score (nSPS) is 22.3. The molecule has 19 aromatic rings. The van der Waals surface area contributed by atoms with Gasteiger partial charge in [0.2, 0.25) is 28.6 Å². The number of fused-ring (bicyclic) bond motifs is 30. The standard InChI is InChI=1S/C28H25N3O.2C24H23N3O.C21H25N3O.C20H23N3O/c1-17-13-15-22-23-16-14-18(2)29-28(23)32-27(22)26(17)31-19(3)30(4)24-11-7-5-9-20(24)21-10-6-8-12-25(21)31;1-14-8-10-19-20-11-9-15(2)25-24(20)28-23(19)22(14)27-16(3)26-13-18(27)12-17-6-4-5-7-21(17)26;1-14-8-10-19-20-11-9-15(2)25-24(20)28-23(19)22(14)27-16(3)26-12-17-6-4-5-7-18(17)21(27)13-26;1-12-5-9-17-18-10-6-13(2)22-21(18)25-20(17)19(12)24-14(3)23(4)15-7-8-16(24)11-15;1-12-6-8-16-17-9-7-13(2)21-20(17)24-19(16)18(12)23-14(3)22-10-4-5-15(23)11-22/h5-16,19H,1-4H3;4-11,16,18H,12-13H2,1-3H3;4-11,16,21H,12-13H2,1-3H3;5-6,9-10,14-16H,7-8,11H2,1-4H3;6-9,14-15H,4-5,10-11H2,1-3H3. The summed E-state index contributed by atoms with van der Waals surface area (Å²) in [6, 6.07) is 80.7. The minimum Gasteiger partial charge on any atom is -0.436 e. The molecule has 0 spiro atoms. The smallest absolute Gasteiger partial charge is 0.227 e. The molecule has 0 N–H and O–H groups in total. The molecule has 0 radical (unpaired) electrons. The van der Waals surface area contributed by atoms with Crippen LogP contribution in [0.4, 0.5) is 45.5 Å². The lowest BCUT2D eigenvalue weighted by Gasteiger charge is -2.47. The lowest BCUT2D eigenvalue weighted by Crippen LogP contribution is -2.56. The monoisotopic (exact) mass is 1810 g/mol. The molecule has 8 bridgehead atoms. The van der Waals surface area contributed by atoms with E-state index in [2.05, 4.69) is 370 Å². The molecule has 12 atom stereocenters. The fourth-order valence-corrected chi connectivity index (χ4v) is 24.9. The van der Waals surface area contributed by atoms with Crippen LogP contribution in [-0.4, -0.2) is 135 Å². The minimum absolute atomic E-state index is 0.0759. The Balaban J connectivity index is 0.0000000937. The number of anilines is 8. The summed E-state index contributed by atoms with van der Waals surface area (Å²) in [5.74, 6) is 0. The van der Waals surface area contributed by atoms with Crippen LogP contribution in [-0.2, 0) is 13.0 Å². The van der Waals surface area contributed by atoms with E-state index in [1.165, 1.54) is 151 Å².